The van der Waals surface area contributed by atoms with Gasteiger partial charge in [-0.2, -0.15) is 0 Å². The third-order valence-electron chi connectivity index (χ3n) is 5.07. The zero-order chi connectivity index (χ0) is 22.0. The fourth-order valence-corrected chi connectivity index (χ4v) is 3.47. The van der Waals surface area contributed by atoms with Gasteiger partial charge in [0.1, 0.15) is 18.1 Å². The molecule has 0 aliphatic rings. The van der Waals surface area contributed by atoms with Crippen molar-refractivity contribution in [1.29, 1.82) is 0 Å². The molecule has 0 aliphatic carbocycles. The molecule has 0 spiro atoms. The van der Waals surface area contributed by atoms with Crippen LogP contribution >= 0.6 is 0 Å². The summed E-state index contributed by atoms with van der Waals surface area (Å²) in [5.41, 5.74) is 1.88. The minimum absolute atomic E-state index is 0.171. The summed E-state index contributed by atoms with van der Waals surface area (Å²) in [4.78, 5) is 30.2. The van der Waals surface area contributed by atoms with Crippen LogP contribution in [0, 0.1) is 5.82 Å². The van der Waals surface area contributed by atoms with Gasteiger partial charge in [-0.05, 0) is 61.0 Å². The highest BCUT2D eigenvalue weighted by molar-refractivity contribution is 5.80. The number of carbonyl (C=O) groups excluding carboxylic acids is 1. The second kappa shape index (κ2) is 8.43. The van der Waals surface area contributed by atoms with E-state index < -0.39 is 11.5 Å². The number of imidazole rings is 1. The Balaban J connectivity index is 1.62. The molecule has 2 aromatic carbocycles. The Labute approximate surface area is 177 Å². The molecule has 158 valence electrons. The minimum Gasteiger partial charge on any atom is -0.497 e. The summed E-state index contributed by atoms with van der Waals surface area (Å²) in [5, 5.41) is 2.91. The average molecular weight is 420 g/mol. The maximum absolute atomic E-state index is 13.3. The summed E-state index contributed by atoms with van der Waals surface area (Å²) >= 11 is 0. The van der Waals surface area contributed by atoms with Gasteiger partial charge in [-0.3, -0.25) is 9.36 Å². The van der Waals surface area contributed by atoms with Crippen LogP contribution in [-0.4, -0.2) is 27.1 Å². The summed E-state index contributed by atoms with van der Waals surface area (Å²) in [6.45, 7) is 1.70. The highest BCUT2D eigenvalue weighted by Crippen LogP contribution is 2.18. The Morgan fingerprint density at radius 2 is 1.84 bits per heavy atom. The van der Waals surface area contributed by atoms with Gasteiger partial charge in [0, 0.05) is 6.20 Å². The van der Waals surface area contributed by atoms with Crippen LogP contribution in [0.2, 0.25) is 0 Å². The van der Waals surface area contributed by atoms with Crippen molar-refractivity contribution in [3.63, 3.8) is 0 Å². The van der Waals surface area contributed by atoms with Crippen LogP contribution in [0.25, 0.3) is 16.9 Å². The van der Waals surface area contributed by atoms with Gasteiger partial charge >= 0.3 is 5.69 Å². The number of hydrogen-bond donors (Lipinski definition) is 1. The molecule has 8 heteroatoms. The molecule has 0 saturated carbocycles. The fraction of sp³-hybridized carbons (Fsp3) is 0.174. The van der Waals surface area contributed by atoms with Gasteiger partial charge in [0.15, 0.2) is 5.65 Å². The molecule has 4 rings (SSSR count). The van der Waals surface area contributed by atoms with E-state index in [9.17, 15) is 14.0 Å². The number of carbonyl (C=O) groups is 1. The van der Waals surface area contributed by atoms with Gasteiger partial charge in [0.2, 0.25) is 5.91 Å². The van der Waals surface area contributed by atoms with Crippen molar-refractivity contribution < 1.29 is 13.9 Å². The van der Waals surface area contributed by atoms with E-state index >= 15 is 0 Å². The molecule has 0 fully saturated rings. The van der Waals surface area contributed by atoms with Crippen molar-refractivity contribution in [2.75, 3.05) is 7.11 Å². The quantitative estimate of drug-likeness (QED) is 0.520. The number of fused-ring (bicyclic) bond motifs is 1. The molecule has 1 N–H and O–H groups in total. The van der Waals surface area contributed by atoms with Crippen LogP contribution < -0.4 is 15.7 Å². The van der Waals surface area contributed by atoms with E-state index in [0.29, 0.717) is 16.9 Å². The maximum atomic E-state index is 13.3. The third kappa shape index (κ3) is 4.05. The first-order valence-corrected chi connectivity index (χ1v) is 9.73. The number of nitrogens with zero attached hydrogens (tertiary/aromatic N) is 3. The lowest BCUT2D eigenvalue weighted by molar-refractivity contribution is -0.122. The van der Waals surface area contributed by atoms with Crippen molar-refractivity contribution >= 4 is 17.1 Å². The number of pyridine rings is 1. The molecule has 0 radical (unpaired) electrons. The Morgan fingerprint density at radius 1 is 1.13 bits per heavy atom. The lowest BCUT2D eigenvalue weighted by Gasteiger charge is -2.15. The Bertz CT molecular complexity index is 1280. The predicted octanol–water partition coefficient (Wildman–Crippen LogP) is 3.21. The number of ether oxygens (including phenoxy) is 1. The Hall–Kier alpha value is -3.94. The smallest absolute Gasteiger partial charge is 0.335 e. The van der Waals surface area contributed by atoms with Crippen LogP contribution in [0.1, 0.15) is 18.5 Å². The first kappa shape index (κ1) is 20.3. The van der Waals surface area contributed by atoms with Crippen LogP contribution in [0.3, 0.4) is 0 Å². The topological polar surface area (TPSA) is 78.1 Å². The number of aromatic nitrogens is 3. The number of methoxy groups -OCH3 is 1. The van der Waals surface area contributed by atoms with Crippen LogP contribution in [0.4, 0.5) is 4.39 Å². The summed E-state index contributed by atoms with van der Waals surface area (Å²) in [5.74, 6) is 0.0164. The van der Waals surface area contributed by atoms with Crippen molar-refractivity contribution in [1.82, 2.24) is 19.4 Å². The minimum atomic E-state index is -0.424. The molecule has 2 aromatic heterocycles. The Morgan fingerprint density at radius 3 is 2.52 bits per heavy atom. The predicted molar refractivity (Wildman–Crippen MR) is 115 cm³/mol. The molecule has 0 unspecified atom stereocenters. The monoisotopic (exact) mass is 420 g/mol. The van der Waals surface area contributed by atoms with E-state index in [-0.39, 0.29) is 18.5 Å². The maximum Gasteiger partial charge on any atom is 0.335 e. The third-order valence-corrected chi connectivity index (χ3v) is 5.07. The first-order chi connectivity index (χ1) is 15.0. The highest BCUT2D eigenvalue weighted by atomic mass is 19.1. The molecule has 1 atom stereocenters. The van der Waals surface area contributed by atoms with Crippen molar-refractivity contribution in [2.24, 2.45) is 0 Å². The number of halogens is 1. The number of nitrogens with one attached hydrogen (secondary N) is 1. The SMILES string of the molecule is COc1ccc([C@H](C)NC(=O)Cn2c(=O)n(-c3ccc(F)cc3)c3ncccc32)cc1. The average Bonchev–Trinajstić information content (AvgIpc) is 3.06. The first-order valence-electron chi connectivity index (χ1n) is 9.73. The molecular formula is C23H21FN4O3. The molecular weight excluding hydrogens is 399 g/mol. The Kier molecular flexibility index (Phi) is 5.53. The summed E-state index contributed by atoms with van der Waals surface area (Å²) in [7, 11) is 1.59. The number of rotatable bonds is 6. The fourth-order valence-electron chi connectivity index (χ4n) is 3.47. The van der Waals surface area contributed by atoms with Crippen LogP contribution in [0.15, 0.2) is 71.7 Å². The van der Waals surface area contributed by atoms with E-state index in [1.165, 1.54) is 33.4 Å². The molecule has 2 heterocycles. The lowest BCUT2D eigenvalue weighted by Crippen LogP contribution is -2.34. The van der Waals surface area contributed by atoms with Crippen molar-refractivity contribution in [3.8, 4) is 11.4 Å². The molecule has 0 bridgehead atoms. The largest absolute Gasteiger partial charge is 0.497 e. The normalized spacial score (nSPS) is 12.0. The number of amides is 1. The molecule has 1 amide bonds. The zero-order valence-electron chi connectivity index (χ0n) is 17.1. The molecule has 4 aromatic rings. The number of benzene rings is 2. The molecule has 0 aliphatic heterocycles. The lowest BCUT2D eigenvalue weighted by atomic mass is 10.1. The van der Waals surface area contributed by atoms with Crippen molar-refractivity contribution in [2.45, 2.75) is 19.5 Å². The van der Waals surface area contributed by atoms with Gasteiger partial charge in [-0.25, -0.2) is 18.7 Å². The second-order valence-electron chi connectivity index (χ2n) is 7.09. The molecule has 31 heavy (non-hydrogen) atoms. The standard InChI is InChI=1S/C23H21FN4O3/c1-15(16-5-11-19(31-2)12-6-16)26-21(29)14-27-20-4-3-13-25-22(20)28(23(27)30)18-9-7-17(24)8-10-18/h3-13,15H,14H2,1-2H3,(H,26,29)/t15-/m0/s1. The second-order valence-corrected chi connectivity index (χ2v) is 7.09. The van der Waals surface area contributed by atoms with Gasteiger partial charge < -0.3 is 10.1 Å². The van der Waals surface area contributed by atoms with Gasteiger partial charge in [0.25, 0.3) is 0 Å². The summed E-state index contributed by atoms with van der Waals surface area (Å²) in [6, 6.07) is 16.1. The van der Waals surface area contributed by atoms with E-state index in [1.54, 1.807) is 25.4 Å². The molecule has 7 nitrogen and oxygen atoms in total. The van der Waals surface area contributed by atoms with Gasteiger partial charge in [0.05, 0.1) is 24.4 Å². The van der Waals surface area contributed by atoms with E-state index in [2.05, 4.69) is 10.3 Å². The van der Waals surface area contributed by atoms with Crippen LogP contribution in [0.5, 0.6) is 5.75 Å². The van der Waals surface area contributed by atoms with Gasteiger partial charge in [-0.15, -0.1) is 0 Å². The van der Waals surface area contributed by atoms with E-state index in [1.807, 2.05) is 31.2 Å². The summed E-state index contributed by atoms with van der Waals surface area (Å²) < 4.78 is 21.2. The number of hydrogen-bond acceptors (Lipinski definition) is 4. The summed E-state index contributed by atoms with van der Waals surface area (Å²) in [6.07, 6.45) is 1.57. The molecule has 0 saturated heterocycles. The van der Waals surface area contributed by atoms with Crippen LogP contribution in [-0.2, 0) is 11.3 Å². The van der Waals surface area contributed by atoms with E-state index in [4.69, 9.17) is 4.74 Å². The highest BCUT2D eigenvalue weighted by Gasteiger charge is 2.18. The van der Waals surface area contributed by atoms with Gasteiger partial charge in [-0.1, -0.05) is 12.1 Å². The zero-order valence-corrected chi connectivity index (χ0v) is 17.1. The van der Waals surface area contributed by atoms with E-state index in [0.717, 1.165) is 11.3 Å². The van der Waals surface area contributed by atoms with Crippen molar-refractivity contribution in [3.05, 3.63) is 88.7 Å².